The van der Waals surface area contributed by atoms with Gasteiger partial charge in [0.25, 0.3) is 0 Å². The number of benzene rings is 2. The normalized spacial score (nSPS) is 10.8. The molecule has 2 rings (SSSR count). The number of unbranched alkanes of at least 4 members (excludes halogenated alkanes) is 11. The third-order valence-electron chi connectivity index (χ3n) is 6.06. The van der Waals surface area contributed by atoms with Crippen LogP contribution in [-0.4, -0.2) is 12.6 Å². The summed E-state index contributed by atoms with van der Waals surface area (Å²) in [5, 5.41) is 0. The van der Waals surface area contributed by atoms with E-state index in [0.29, 0.717) is 11.3 Å². The van der Waals surface area contributed by atoms with E-state index in [0.717, 1.165) is 25.2 Å². The highest BCUT2D eigenvalue weighted by Crippen LogP contribution is 2.20. The highest BCUT2D eigenvalue weighted by atomic mass is 16.5. The van der Waals surface area contributed by atoms with Crippen LogP contribution in [-0.2, 0) is 6.42 Å². The zero-order valence-electron chi connectivity index (χ0n) is 21.0. The third-order valence-corrected chi connectivity index (χ3v) is 6.06. The Hall–Kier alpha value is -2.29. The second-order valence-electron chi connectivity index (χ2n) is 9.05. The van der Waals surface area contributed by atoms with E-state index in [1.165, 1.54) is 82.6 Å². The zero-order chi connectivity index (χ0) is 23.6. The van der Waals surface area contributed by atoms with Gasteiger partial charge in [-0.3, -0.25) is 0 Å². The molecule has 3 heteroatoms. The van der Waals surface area contributed by atoms with Gasteiger partial charge in [0.2, 0.25) is 0 Å². The Bertz CT molecular complexity index is 749. The summed E-state index contributed by atoms with van der Waals surface area (Å²) in [4.78, 5) is 12.5. The Morgan fingerprint density at radius 3 is 1.73 bits per heavy atom. The van der Waals surface area contributed by atoms with Gasteiger partial charge < -0.3 is 9.47 Å². The van der Waals surface area contributed by atoms with Crippen molar-refractivity contribution < 1.29 is 14.3 Å². The first-order chi connectivity index (χ1) is 16.2. The van der Waals surface area contributed by atoms with Gasteiger partial charge >= 0.3 is 5.97 Å². The van der Waals surface area contributed by atoms with Crippen LogP contribution in [0.3, 0.4) is 0 Å². The summed E-state index contributed by atoms with van der Waals surface area (Å²) in [5.74, 6) is 1.04. The van der Waals surface area contributed by atoms with E-state index in [4.69, 9.17) is 9.47 Å². The number of aryl methyl sites for hydroxylation is 1. The van der Waals surface area contributed by atoms with Crippen LogP contribution in [0.2, 0.25) is 0 Å². The van der Waals surface area contributed by atoms with Gasteiger partial charge in [0.05, 0.1) is 12.2 Å². The lowest BCUT2D eigenvalue weighted by atomic mass is 10.0. The monoisotopic (exact) mass is 452 g/mol. The number of carbonyl (C=O) groups is 1. The molecule has 0 spiro atoms. The largest absolute Gasteiger partial charge is 0.494 e. The van der Waals surface area contributed by atoms with Gasteiger partial charge in [0.15, 0.2) is 0 Å². The first-order valence-corrected chi connectivity index (χ1v) is 13.3. The molecule has 182 valence electrons. The van der Waals surface area contributed by atoms with Crippen molar-refractivity contribution in [1.29, 1.82) is 0 Å². The zero-order valence-corrected chi connectivity index (χ0v) is 21.0. The summed E-state index contributed by atoms with van der Waals surface area (Å²) >= 11 is 0. The van der Waals surface area contributed by atoms with Crippen LogP contribution in [0, 0.1) is 0 Å². The van der Waals surface area contributed by atoms with Crippen molar-refractivity contribution in [1.82, 2.24) is 0 Å². The van der Waals surface area contributed by atoms with E-state index in [1.807, 2.05) is 36.4 Å². The molecule has 0 atom stereocenters. The van der Waals surface area contributed by atoms with E-state index < -0.39 is 0 Å². The maximum absolute atomic E-state index is 12.5. The van der Waals surface area contributed by atoms with E-state index in [-0.39, 0.29) is 5.97 Å². The van der Waals surface area contributed by atoms with Crippen molar-refractivity contribution >= 4 is 5.97 Å². The number of hydrogen-bond acceptors (Lipinski definition) is 3. The highest BCUT2D eigenvalue weighted by Gasteiger charge is 2.09. The summed E-state index contributed by atoms with van der Waals surface area (Å²) in [6.45, 7) is 5.22. The molecule has 0 radical (unpaired) electrons. The van der Waals surface area contributed by atoms with Gasteiger partial charge in [-0.05, 0) is 61.2 Å². The molecule has 33 heavy (non-hydrogen) atoms. The molecule has 0 aliphatic rings. The lowest BCUT2D eigenvalue weighted by molar-refractivity contribution is 0.0734. The fraction of sp³-hybridized carbons (Fsp3) is 0.567. The first kappa shape index (κ1) is 27.0. The third kappa shape index (κ3) is 11.9. The number of hydrogen-bond donors (Lipinski definition) is 0. The molecule has 0 saturated carbocycles. The number of rotatable bonds is 18. The second kappa shape index (κ2) is 17.2. The van der Waals surface area contributed by atoms with Crippen LogP contribution in [0.1, 0.15) is 113 Å². The lowest BCUT2D eigenvalue weighted by Gasteiger charge is -2.08. The fourth-order valence-electron chi connectivity index (χ4n) is 3.94. The summed E-state index contributed by atoms with van der Waals surface area (Å²) in [5.41, 5.74) is 1.87. The summed E-state index contributed by atoms with van der Waals surface area (Å²) in [6, 6.07) is 15.2. The number of carbonyl (C=O) groups excluding carboxylic acids is 1. The molecule has 0 heterocycles. The molecule has 0 unspecified atom stereocenters. The molecule has 0 aliphatic heterocycles. The molecule has 3 nitrogen and oxygen atoms in total. The van der Waals surface area contributed by atoms with Gasteiger partial charge in [0.1, 0.15) is 11.5 Å². The Morgan fingerprint density at radius 2 is 1.12 bits per heavy atom. The van der Waals surface area contributed by atoms with Gasteiger partial charge in [-0.1, -0.05) is 96.6 Å². The van der Waals surface area contributed by atoms with Crippen LogP contribution < -0.4 is 9.47 Å². The molecular weight excluding hydrogens is 408 g/mol. The predicted molar refractivity (Wildman–Crippen MR) is 138 cm³/mol. The van der Waals surface area contributed by atoms with Crippen molar-refractivity contribution in [3.05, 3.63) is 59.7 Å². The average Bonchev–Trinajstić information content (AvgIpc) is 2.84. The summed E-state index contributed by atoms with van der Waals surface area (Å²) in [7, 11) is 0. The SMILES string of the molecule is CCCCCCCCCc1ccc(C(=O)Oc2ccc(OCCCCCCCC)cc2)cc1. The Balaban J connectivity index is 1.65. The molecule has 0 amide bonds. The summed E-state index contributed by atoms with van der Waals surface area (Å²) < 4.78 is 11.3. The van der Waals surface area contributed by atoms with Crippen LogP contribution in [0.4, 0.5) is 0 Å². The predicted octanol–water partition coefficient (Wildman–Crippen LogP) is 8.94. The molecule has 0 aliphatic carbocycles. The number of ether oxygens (including phenoxy) is 2. The van der Waals surface area contributed by atoms with Crippen LogP contribution in [0.5, 0.6) is 11.5 Å². The molecule has 0 aromatic heterocycles. The van der Waals surface area contributed by atoms with Crippen LogP contribution in [0.25, 0.3) is 0 Å². The lowest BCUT2D eigenvalue weighted by Crippen LogP contribution is -2.08. The molecule has 0 fully saturated rings. The maximum atomic E-state index is 12.5. The topological polar surface area (TPSA) is 35.5 Å². The smallest absolute Gasteiger partial charge is 0.343 e. The Morgan fingerprint density at radius 1 is 0.606 bits per heavy atom. The average molecular weight is 453 g/mol. The van der Waals surface area contributed by atoms with Crippen molar-refractivity contribution in [3.8, 4) is 11.5 Å². The van der Waals surface area contributed by atoms with E-state index >= 15 is 0 Å². The Kier molecular flexibility index (Phi) is 14.1. The van der Waals surface area contributed by atoms with Crippen LogP contribution in [0.15, 0.2) is 48.5 Å². The van der Waals surface area contributed by atoms with Crippen LogP contribution >= 0.6 is 0 Å². The fourth-order valence-corrected chi connectivity index (χ4v) is 3.94. The van der Waals surface area contributed by atoms with Crippen molar-refractivity contribution in [3.63, 3.8) is 0 Å². The van der Waals surface area contributed by atoms with Gasteiger partial charge in [-0.25, -0.2) is 4.79 Å². The molecule has 2 aromatic carbocycles. The molecule has 0 N–H and O–H groups in total. The first-order valence-electron chi connectivity index (χ1n) is 13.3. The minimum Gasteiger partial charge on any atom is -0.494 e. The van der Waals surface area contributed by atoms with Gasteiger partial charge in [0, 0.05) is 0 Å². The second-order valence-corrected chi connectivity index (χ2v) is 9.05. The van der Waals surface area contributed by atoms with E-state index in [9.17, 15) is 4.79 Å². The molecule has 0 bridgehead atoms. The maximum Gasteiger partial charge on any atom is 0.343 e. The van der Waals surface area contributed by atoms with Crippen molar-refractivity contribution in [2.75, 3.05) is 6.61 Å². The van der Waals surface area contributed by atoms with E-state index in [2.05, 4.69) is 13.8 Å². The Labute approximate surface area is 201 Å². The molecular formula is C30H44O3. The molecule has 0 saturated heterocycles. The van der Waals surface area contributed by atoms with Gasteiger partial charge in [-0.2, -0.15) is 0 Å². The molecule has 2 aromatic rings. The minimum atomic E-state index is -0.321. The van der Waals surface area contributed by atoms with Crippen molar-refractivity contribution in [2.24, 2.45) is 0 Å². The quantitative estimate of drug-likeness (QED) is 0.129. The van der Waals surface area contributed by atoms with E-state index in [1.54, 1.807) is 12.1 Å². The number of esters is 1. The summed E-state index contributed by atoms with van der Waals surface area (Å²) in [6.07, 6.45) is 17.8. The highest BCUT2D eigenvalue weighted by molar-refractivity contribution is 5.91. The standard InChI is InChI=1S/C30H44O3/c1-3-5-7-9-11-12-14-16-26-17-19-27(20-18-26)30(31)33-29-23-21-28(22-24-29)32-25-15-13-10-8-6-4-2/h17-24H,3-16,25H2,1-2H3. The van der Waals surface area contributed by atoms with Gasteiger partial charge in [-0.15, -0.1) is 0 Å². The van der Waals surface area contributed by atoms with Crippen molar-refractivity contribution in [2.45, 2.75) is 104 Å². The minimum absolute atomic E-state index is 0.321.